The monoisotopic (exact) mass is 371 g/mol. The molecular formula is C10H6BrN5O2S2. The van der Waals surface area contributed by atoms with E-state index in [1.807, 2.05) is 13.0 Å². The fourth-order valence-corrected chi connectivity index (χ4v) is 3.68. The van der Waals surface area contributed by atoms with Crippen LogP contribution in [0.25, 0.3) is 11.2 Å². The number of nitro groups is 1. The summed E-state index contributed by atoms with van der Waals surface area (Å²) in [6, 6.07) is 1.88. The lowest BCUT2D eigenvalue weighted by molar-refractivity contribution is -0.380. The standard InChI is InChI=1S/C10H6BrN5O2S2/c1-5-14-7-2-6(3-12-9(7)15(5)11)19-10-13-4-8(20-10)16(17)18/h2-4H,1H3. The number of aryl methyl sites for hydroxylation is 1. The normalized spacial score (nSPS) is 11.1. The van der Waals surface area contributed by atoms with Gasteiger partial charge in [-0.15, -0.1) is 0 Å². The number of aromatic nitrogens is 4. The van der Waals surface area contributed by atoms with E-state index in [1.165, 1.54) is 18.0 Å². The molecule has 0 atom stereocenters. The molecule has 0 bridgehead atoms. The van der Waals surface area contributed by atoms with E-state index in [-0.39, 0.29) is 5.00 Å². The number of pyridine rings is 1. The summed E-state index contributed by atoms with van der Waals surface area (Å²) in [5.41, 5.74) is 1.49. The first-order chi connectivity index (χ1) is 9.54. The van der Waals surface area contributed by atoms with Gasteiger partial charge in [0.25, 0.3) is 0 Å². The Morgan fingerprint density at radius 3 is 2.95 bits per heavy atom. The first-order valence-electron chi connectivity index (χ1n) is 5.34. The van der Waals surface area contributed by atoms with Gasteiger partial charge in [-0.05, 0) is 24.3 Å². The molecule has 0 fully saturated rings. The molecule has 20 heavy (non-hydrogen) atoms. The highest BCUT2D eigenvalue weighted by molar-refractivity contribution is 9.08. The van der Waals surface area contributed by atoms with Crippen molar-refractivity contribution in [3.63, 3.8) is 0 Å². The van der Waals surface area contributed by atoms with E-state index < -0.39 is 4.92 Å². The Hall–Kier alpha value is -1.52. The SMILES string of the molecule is Cc1nc2cc(Sc3ncc([N+](=O)[O-])s3)cnc2n1Br. The van der Waals surface area contributed by atoms with Gasteiger partial charge < -0.3 is 0 Å². The molecule has 3 aromatic heterocycles. The Balaban J connectivity index is 1.92. The molecule has 0 unspecified atom stereocenters. The molecule has 0 amide bonds. The van der Waals surface area contributed by atoms with Gasteiger partial charge in [-0.1, -0.05) is 11.8 Å². The van der Waals surface area contributed by atoms with Gasteiger partial charge in [-0.2, -0.15) is 0 Å². The van der Waals surface area contributed by atoms with Crippen molar-refractivity contribution >= 4 is 55.4 Å². The summed E-state index contributed by atoms with van der Waals surface area (Å²) < 4.78 is 2.33. The molecule has 10 heteroatoms. The van der Waals surface area contributed by atoms with Gasteiger partial charge in [0.15, 0.2) is 9.99 Å². The van der Waals surface area contributed by atoms with E-state index in [2.05, 4.69) is 31.1 Å². The number of hydrogen-bond donors (Lipinski definition) is 0. The lowest BCUT2D eigenvalue weighted by Gasteiger charge is -1.97. The molecule has 3 aromatic rings. The van der Waals surface area contributed by atoms with Crippen molar-refractivity contribution in [2.75, 3.05) is 0 Å². The van der Waals surface area contributed by atoms with Crippen molar-refractivity contribution < 1.29 is 4.92 Å². The number of halogens is 1. The van der Waals surface area contributed by atoms with E-state index in [0.29, 0.717) is 4.34 Å². The largest absolute Gasteiger partial charge is 0.344 e. The van der Waals surface area contributed by atoms with E-state index >= 15 is 0 Å². The molecular weight excluding hydrogens is 366 g/mol. The molecule has 0 radical (unpaired) electrons. The molecule has 0 saturated carbocycles. The fraction of sp³-hybridized carbons (Fsp3) is 0.100. The highest BCUT2D eigenvalue weighted by Gasteiger charge is 2.14. The smallest absolute Gasteiger partial charge is 0.257 e. The zero-order valence-corrected chi connectivity index (χ0v) is 13.2. The van der Waals surface area contributed by atoms with Gasteiger partial charge in [0.2, 0.25) is 0 Å². The van der Waals surface area contributed by atoms with Crippen LogP contribution in [0.5, 0.6) is 0 Å². The van der Waals surface area contributed by atoms with Crippen LogP contribution in [0, 0.1) is 17.0 Å². The lowest BCUT2D eigenvalue weighted by Crippen LogP contribution is -1.84. The Bertz CT molecular complexity index is 815. The van der Waals surface area contributed by atoms with E-state index in [0.717, 1.165) is 33.2 Å². The first-order valence-corrected chi connectivity index (χ1v) is 7.68. The number of nitrogens with zero attached hydrogens (tertiary/aromatic N) is 5. The number of hydrogen-bond acceptors (Lipinski definition) is 7. The van der Waals surface area contributed by atoms with Crippen LogP contribution in [-0.4, -0.2) is 23.5 Å². The number of fused-ring (bicyclic) bond motifs is 1. The van der Waals surface area contributed by atoms with Gasteiger partial charge in [-0.3, -0.25) is 10.1 Å². The predicted octanol–water partition coefficient (Wildman–Crippen LogP) is 3.41. The minimum atomic E-state index is -0.445. The van der Waals surface area contributed by atoms with Crippen LogP contribution in [0.4, 0.5) is 5.00 Å². The molecule has 0 aliphatic carbocycles. The minimum Gasteiger partial charge on any atom is -0.257 e. The molecule has 0 aliphatic rings. The summed E-state index contributed by atoms with van der Waals surface area (Å²) in [6.07, 6.45) is 2.95. The third-order valence-corrected chi connectivity index (χ3v) is 5.26. The van der Waals surface area contributed by atoms with Gasteiger partial charge in [0.1, 0.15) is 17.5 Å². The van der Waals surface area contributed by atoms with E-state index in [1.54, 1.807) is 9.79 Å². The topological polar surface area (TPSA) is 86.7 Å². The average molecular weight is 372 g/mol. The van der Waals surface area contributed by atoms with Gasteiger partial charge >= 0.3 is 5.00 Å². The summed E-state index contributed by atoms with van der Waals surface area (Å²) in [5.74, 6) is 0.805. The van der Waals surface area contributed by atoms with Crippen LogP contribution < -0.4 is 0 Å². The summed E-state index contributed by atoms with van der Waals surface area (Å²) in [4.78, 5) is 23.7. The van der Waals surface area contributed by atoms with Crippen LogP contribution in [0.15, 0.2) is 27.7 Å². The summed E-state index contributed by atoms with van der Waals surface area (Å²) >= 11 is 5.73. The Kier molecular flexibility index (Phi) is 3.44. The summed E-state index contributed by atoms with van der Waals surface area (Å²) in [5, 5.41) is 10.6. The van der Waals surface area contributed by atoms with Gasteiger partial charge in [0.05, 0.1) is 21.1 Å². The van der Waals surface area contributed by atoms with Crippen LogP contribution in [0.3, 0.4) is 0 Å². The lowest BCUT2D eigenvalue weighted by atomic mass is 10.4. The Labute approximate surface area is 129 Å². The average Bonchev–Trinajstić information content (AvgIpc) is 2.96. The summed E-state index contributed by atoms with van der Waals surface area (Å²) in [6.45, 7) is 1.87. The maximum atomic E-state index is 10.6. The molecule has 0 saturated heterocycles. The van der Waals surface area contributed by atoms with Crippen LogP contribution in [0.2, 0.25) is 0 Å². The fourth-order valence-electron chi connectivity index (χ4n) is 1.57. The quantitative estimate of drug-likeness (QED) is 0.517. The molecule has 102 valence electrons. The van der Waals surface area contributed by atoms with Gasteiger partial charge in [0, 0.05) is 11.1 Å². The second-order valence-electron chi connectivity index (χ2n) is 3.78. The van der Waals surface area contributed by atoms with Crippen LogP contribution in [0.1, 0.15) is 5.82 Å². The zero-order chi connectivity index (χ0) is 14.3. The third-order valence-electron chi connectivity index (χ3n) is 2.43. The second kappa shape index (κ2) is 5.11. The summed E-state index contributed by atoms with van der Waals surface area (Å²) in [7, 11) is 0. The predicted molar refractivity (Wildman–Crippen MR) is 79.5 cm³/mol. The van der Waals surface area contributed by atoms with Crippen molar-refractivity contribution in [1.29, 1.82) is 0 Å². The first kappa shape index (κ1) is 13.5. The zero-order valence-electron chi connectivity index (χ0n) is 9.98. The van der Waals surface area contributed by atoms with Gasteiger partial charge in [-0.25, -0.2) is 18.5 Å². The molecule has 0 N–H and O–H groups in total. The van der Waals surface area contributed by atoms with Crippen molar-refractivity contribution in [2.45, 2.75) is 16.2 Å². The van der Waals surface area contributed by atoms with Crippen LogP contribution >= 0.6 is 39.2 Å². The number of thiazole rings is 1. The molecule has 0 aromatic carbocycles. The van der Waals surface area contributed by atoms with Crippen molar-refractivity contribution in [2.24, 2.45) is 0 Å². The maximum absolute atomic E-state index is 10.6. The Morgan fingerprint density at radius 2 is 2.25 bits per heavy atom. The van der Waals surface area contributed by atoms with Crippen molar-refractivity contribution in [3.8, 4) is 0 Å². The minimum absolute atomic E-state index is 0.0297. The third kappa shape index (κ3) is 2.41. The number of rotatable bonds is 3. The maximum Gasteiger partial charge on any atom is 0.344 e. The molecule has 0 spiro atoms. The highest BCUT2D eigenvalue weighted by Crippen LogP contribution is 2.34. The van der Waals surface area contributed by atoms with Crippen molar-refractivity contribution in [1.82, 2.24) is 18.5 Å². The number of imidazole rings is 1. The van der Waals surface area contributed by atoms with E-state index in [4.69, 9.17) is 0 Å². The molecule has 3 rings (SSSR count). The highest BCUT2D eigenvalue weighted by atomic mass is 79.9. The molecule has 0 aliphatic heterocycles. The Morgan fingerprint density at radius 1 is 1.45 bits per heavy atom. The van der Waals surface area contributed by atoms with Crippen LogP contribution in [-0.2, 0) is 0 Å². The molecule has 7 nitrogen and oxygen atoms in total. The molecule has 3 heterocycles. The van der Waals surface area contributed by atoms with E-state index in [9.17, 15) is 10.1 Å². The van der Waals surface area contributed by atoms with Crippen molar-refractivity contribution in [3.05, 3.63) is 34.4 Å². The second-order valence-corrected chi connectivity index (χ2v) is 6.82.